The number of ether oxygens (including phenoxy) is 1. The first-order valence-electron chi connectivity index (χ1n) is 14.3. The largest absolute Gasteiger partial charge is 0.506 e. The molecule has 8 heteroatoms. The van der Waals surface area contributed by atoms with Crippen molar-refractivity contribution in [1.29, 1.82) is 0 Å². The first kappa shape index (κ1) is 31.1. The molecule has 0 saturated carbocycles. The number of carboxylic acids is 1. The van der Waals surface area contributed by atoms with Crippen LogP contribution in [0.15, 0.2) is 39.3 Å². The summed E-state index contributed by atoms with van der Waals surface area (Å²) in [7, 11) is 0. The van der Waals surface area contributed by atoms with Crippen LogP contribution in [0.4, 0.5) is 0 Å². The number of aromatic hydroxyl groups is 2. The average Bonchev–Trinajstić information content (AvgIpc) is 3.25. The molecule has 0 unspecified atom stereocenters. The SMILES string of the molecule is CCCc1c(C2(c3cc(Br)c(O)c(CCC)c3CCC)OC(=O)c3cccc(C(=O)O)c32)cc(Br)c(O)c1CCC. The monoisotopic (exact) mass is 686 g/mol. The van der Waals surface area contributed by atoms with Gasteiger partial charge in [0, 0.05) is 16.7 Å². The number of esters is 1. The minimum atomic E-state index is -1.63. The molecule has 1 aliphatic rings. The average molecular weight is 688 g/mol. The van der Waals surface area contributed by atoms with Gasteiger partial charge in [0.05, 0.1) is 20.1 Å². The summed E-state index contributed by atoms with van der Waals surface area (Å²) in [5.74, 6) is -1.51. The Bertz CT molecular complexity index is 1440. The summed E-state index contributed by atoms with van der Waals surface area (Å²) in [6.45, 7) is 8.15. The summed E-state index contributed by atoms with van der Waals surface area (Å²) < 4.78 is 7.39. The van der Waals surface area contributed by atoms with Gasteiger partial charge in [-0.2, -0.15) is 0 Å². The van der Waals surface area contributed by atoms with Crippen LogP contribution in [0, 0.1) is 0 Å². The summed E-state index contributed by atoms with van der Waals surface area (Å²) in [5.41, 5.74) is 3.20. The van der Waals surface area contributed by atoms with Gasteiger partial charge in [0.1, 0.15) is 11.5 Å². The maximum absolute atomic E-state index is 13.7. The molecule has 0 aliphatic carbocycles. The predicted octanol–water partition coefficient (Wildman–Crippen LogP) is 8.59. The maximum Gasteiger partial charge on any atom is 0.340 e. The van der Waals surface area contributed by atoms with Crippen LogP contribution >= 0.6 is 31.9 Å². The van der Waals surface area contributed by atoms with E-state index in [4.69, 9.17) is 4.74 Å². The molecule has 0 atom stereocenters. The number of phenols is 2. The van der Waals surface area contributed by atoms with Crippen LogP contribution in [0.25, 0.3) is 0 Å². The first-order valence-corrected chi connectivity index (χ1v) is 15.8. The third-order valence-corrected chi connectivity index (χ3v) is 9.03. The number of carbonyl (C=O) groups is 2. The molecule has 0 radical (unpaired) electrons. The maximum atomic E-state index is 13.7. The van der Waals surface area contributed by atoms with Crippen molar-refractivity contribution < 1.29 is 29.6 Å². The van der Waals surface area contributed by atoms with Crippen LogP contribution in [-0.2, 0) is 36.0 Å². The van der Waals surface area contributed by atoms with Crippen molar-refractivity contribution >= 4 is 43.8 Å². The Labute approximate surface area is 258 Å². The molecule has 1 aliphatic heterocycles. The van der Waals surface area contributed by atoms with Gasteiger partial charge in [0.2, 0.25) is 0 Å². The first-order chi connectivity index (χ1) is 19.6. The zero-order valence-electron chi connectivity index (χ0n) is 23.9. The number of cyclic esters (lactones) is 1. The normalized spacial score (nSPS) is 13.8. The van der Waals surface area contributed by atoms with Gasteiger partial charge in [0.15, 0.2) is 5.60 Å². The third-order valence-electron chi connectivity index (χ3n) is 7.82. The number of hydrogen-bond donors (Lipinski definition) is 3. The van der Waals surface area contributed by atoms with E-state index in [1.165, 1.54) is 6.07 Å². The number of carboxylic acid groups (broad SMARTS) is 1. The number of carbonyl (C=O) groups excluding carboxylic acids is 1. The number of aromatic carboxylic acids is 1. The molecule has 0 bridgehead atoms. The predicted molar refractivity (Wildman–Crippen MR) is 166 cm³/mol. The van der Waals surface area contributed by atoms with E-state index in [-0.39, 0.29) is 28.2 Å². The van der Waals surface area contributed by atoms with E-state index in [0.29, 0.717) is 45.8 Å². The lowest BCUT2D eigenvalue weighted by molar-refractivity contribution is 0.0240. The van der Waals surface area contributed by atoms with Crippen molar-refractivity contribution in [3.63, 3.8) is 0 Å². The molecule has 3 aromatic rings. The van der Waals surface area contributed by atoms with Crippen molar-refractivity contribution in [2.24, 2.45) is 0 Å². The number of halogens is 2. The van der Waals surface area contributed by atoms with E-state index < -0.39 is 17.5 Å². The van der Waals surface area contributed by atoms with Crippen LogP contribution in [0.2, 0.25) is 0 Å². The van der Waals surface area contributed by atoms with Crippen LogP contribution < -0.4 is 0 Å². The van der Waals surface area contributed by atoms with Crippen molar-refractivity contribution in [1.82, 2.24) is 0 Å². The standard InChI is InChI=1S/C33H36Br2O6/c1-5-10-18-20(12-7-3)29(36)26(34)16-24(18)33(28-22(31(38)39)14-9-15-23(28)32(40)41-33)25-17-27(35)30(37)21(13-8-4)19(25)11-6-2/h9,14-17,36-37H,5-8,10-13H2,1-4H3,(H,38,39). The number of rotatable bonds is 11. The van der Waals surface area contributed by atoms with E-state index in [9.17, 15) is 24.9 Å². The number of fused-ring (bicyclic) bond motifs is 1. The second-order valence-electron chi connectivity index (χ2n) is 10.5. The Morgan fingerprint density at radius 2 is 1.22 bits per heavy atom. The Morgan fingerprint density at radius 1 is 0.780 bits per heavy atom. The molecule has 3 aromatic carbocycles. The second-order valence-corrected chi connectivity index (χ2v) is 12.2. The molecule has 0 amide bonds. The summed E-state index contributed by atoms with van der Waals surface area (Å²) >= 11 is 7.11. The Morgan fingerprint density at radius 3 is 1.63 bits per heavy atom. The zero-order valence-corrected chi connectivity index (χ0v) is 27.0. The molecule has 1 heterocycles. The summed E-state index contributed by atoms with van der Waals surface area (Å²) in [4.78, 5) is 26.5. The second kappa shape index (κ2) is 12.6. The topological polar surface area (TPSA) is 104 Å². The number of phenolic OH excluding ortho intramolecular Hbond substituents is 2. The summed E-state index contributed by atoms with van der Waals surface area (Å²) in [6, 6.07) is 8.22. The van der Waals surface area contributed by atoms with Gasteiger partial charge in [-0.3, -0.25) is 0 Å². The quantitative estimate of drug-likeness (QED) is 0.175. The van der Waals surface area contributed by atoms with E-state index in [0.717, 1.165) is 47.9 Å². The zero-order chi connectivity index (χ0) is 30.1. The van der Waals surface area contributed by atoms with Gasteiger partial charge in [0.25, 0.3) is 0 Å². The molecule has 3 N–H and O–H groups in total. The lowest BCUT2D eigenvalue weighted by Crippen LogP contribution is -2.34. The van der Waals surface area contributed by atoms with Crippen LogP contribution in [0.3, 0.4) is 0 Å². The fraction of sp³-hybridized carbons (Fsp3) is 0.394. The molecule has 218 valence electrons. The smallest absolute Gasteiger partial charge is 0.340 e. The van der Waals surface area contributed by atoms with E-state index in [2.05, 4.69) is 31.9 Å². The van der Waals surface area contributed by atoms with Gasteiger partial charge < -0.3 is 20.1 Å². The van der Waals surface area contributed by atoms with Gasteiger partial charge in [-0.1, -0.05) is 59.4 Å². The minimum absolute atomic E-state index is 0.0271. The van der Waals surface area contributed by atoms with Gasteiger partial charge in [-0.15, -0.1) is 0 Å². The van der Waals surface area contributed by atoms with Crippen LogP contribution in [-0.4, -0.2) is 27.3 Å². The highest BCUT2D eigenvalue weighted by molar-refractivity contribution is 9.10. The van der Waals surface area contributed by atoms with E-state index in [1.54, 1.807) is 24.3 Å². The van der Waals surface area contributed by atoms with Gasteiger partial charge >= 0.3 is 11.9 Å². The molecule has 0 saturated heterocycles. The van der Waals surface area contributed by atoms with Crippen molar-refractivity contribution in [2.75, 3.05) is 0 Å². The summed E-state index contributed by atoms with van der Waals surface area (Å²) in [6.07, 6.45) is 5.40. The van der Waals surface area contributed by atoms with Crippen molar-refractivity contribution in [2.45, 2.75) is 84.7 Å². The number of benzene rings is 3. The third kappa shape index (κ3) is 5.18. The minimum Gasteiger partial charge on any atom is -0.506 e. The lowest BCUT2D eigenvalue weighted by Gasteiger charge is -2.36. The number of hydrogen-bond acceptors (Lipinski definition) is 5. The van der Waals surface area contributed by atoms with E-state index >= 15 is 0 Å². The van der Waals surface area contributed by atoms with E-state index in [1.807, 2.05) is 27.7 Å². The molecule has 0 aromatic heterocycles. The molecular formula is C33H36Br2O6. The van der Waals surface area contributed by atoms with Crippen LogP contribution in [0.1, 0.15) is 113 Å². The molecule has 0 fully saturated rings. The fourth-order valence-electron chi connectivity index (χ4n) is 6.25. The lowest BCUT2D eigenvalue weighted by atomic mass is 9.71. The molecular weight excluding hydrogens is 652 g/mol. The van der Waals surface area contributed by atoms with Crippen molar-refractivity contribution in [3.05, 3.63) is 89.3 Å². The Hall–Kier alpha value is -2.84. The molecule has 41 heavy (non-hydrogen) atoms. The van der Waals surface area contributed by atoms with Gasteiger partial charge in [-0.25, -0.2) is 9.59 Å². The Balaban J connectivity index is 2.33. The fourth-order valence-corrected chi connectivity index (χ4v) is 7.19. The van der Waals surface area contributed by atoms with Crippen molar-refractivity contribution in [3.8, 4) is 11.5 Å². The van der Waals surface area contributed by atoms with Crippen LogP contribution in [0.5, 0.6) is 11.5 Å². The highest BCUT2D eigenvalue weighted by Gasteiger charge is 2.53. The van der Waals surface area contributed by atoms with Gasteiger partial charge in [-0.05, 0) is 104 Å². The molecule has 0 spiro atoms. The summed E-state index contributed by atoms with van der Waals surface area (Å²) in [5, 5.41) is 32.8. The molecule has 4 rings (SSSR count). The highest BCUT2D eigenvalue weighted by Crippen LogP contribution is 2.54. The Kier molecular flexibility index (Phi) is 9.54. The molecule has 6 nitrogen and oxygen atoms in total. The highest BCUT2D eigenvalue weighted by atomic mass is 79.9.